The van der Waals surface area contributed by atoms with Crippen LogP contribution in [0.25, 0.3) is 11.1 Å². The van der Waals surface area contributed by atoms with E-state index >= 15 is 0 Å². The van der Waals surface area contributed by atoms with E-state index in [1.807, 2.05) is 48.8 Å². The Kier molecular flexibility index (Phi) is 5.39. The number of benzene rings is 1. The van der Waals surface area contributed by atoms with Crippen molar-refractivity contribution in [2.45, 2.75) is 6.04 Å². The number of aromatic nitrogens is 3. The number of hydrogen-bond donors (Lipinski definition) is 3. The largest absolute Gasteiger partial charge is 0.383 e. The molecule has 5 rings (SSSR count). The van der Waals surface area contributed by atoms with E-state index in [0.717, 1.165) is 36.6 Å². The van der Waals surface area contributed by atoms with E-state index in [4.69, 9.17) is 10.7 Å². The van der Waals surface area contributed by atoms with Gasteiger partial charge in [-0.1, -0.05) is 36.4 Å². The highest BCUT2D eigenvalue weighted by Gasteiger charge is 2.23. The minimum atomic E-state index is -0.232. The zero-order valence-electron chi connectivity index (χ0n) is 17.5. The van der Waals surface area contributed by atoms with Gasteiger partial charge >= 0.3 is 0 Å². The monoisotopic (exact) mass is 432 g/mol. The summed E-state index contributed by atoms with van der Waals surface area (Å²) >= 11 is 0. The number of carbonyl (C=O) groups excluding carboxylic acids is 1. The highest BCUT2D eigenvalue weighted by atomic mass is 16.1. The first-order chi connectivity index (χ1) is 15.7. The molecule has 7 heteroatoms. The van der Waals surface area contributed by atoms with E-state index in [2.05, 4.69) is 32.3 Å². The van der Waals surface area contributed by atoms with Gasteiger partial charge in [-0.05, 0) is 29.8 Å². The summed E-state index contributed by atoms with van der Waals surface area (Å²) in [6.45, 7) is 2.44. The minimum Gasteiger partial charge on any atom is -0.383 e. The number of aromatic amines is 1. The molecule has 4 aromatic rings. The lowest BCUT2D eigenvalue weighted by atomic mass is 10.0. The van der Waals surface area contributed by atoms with Gasteiger partial charge in [0, 0.05) is 61.1 Å². The molecule has 1 unspecified atom stereocenters. The van der Waals surface area contributed by atoms with Gasteiger partial charge in [0.05, 0.1) is 5.56 Å². The molecule has 1 fully saturated rings. The molecular formula is C25H32N6O. The summed E-state index contributed by atoms with van der Waals surface area (Å²) in [7, 11) is 0. The number of pyridine rings is 2. The number of carbonyl (C=O) groups is 1. The van der Waals surface area contributed by atoms with E-state index in [1.54, 1.807) is 18.3 Å². The smallest absolute Gasteiger partial charge is 0.215 e. The van der Waals surface area contributed by atoms with Crippen LogP contribution in [0.5, 0.6) is 0 Å². The van der Waals surface area contributed by atoms with E-state index in [1.165, 1.54) is 5.56 Å². The molecule has 0 amide bonds. The molecule has 1 aliphatic rings. The summed E-state index contributed by atoms with van der Waals surface area (Å²) in [4.78, 5) is 27.4. The summed E-state index contributed by atoms with van der Waals surface area (Å²) in [6, 6.07) is 19.8. The molecule has 0 aliphatic carbocycles. The van der Waals surface area contributed by atoms with Gasteiger partial charge in [-0.2, -0.15) is 0 Å². The molecule has 0 radical (unpaired) electrons. The average Bonchev–Trinajstić information content (AvgIpc) is 3.40. The van der Waals surface area contributed by atoms with Crippen LogP contribution in [-0.4, -0.2) is 40.4 Å². The Morgan fingerprint density at radius 2 is 1.97 bits per heavy atom. The van der Waals surface area contributed by atoms with E-state index in [0.29, 0.717) is 11.3 Å². The number of anilines is 2. The molecule has 1 saturated heterocycles. The molecule has 0 bridgehead atoms. The third-order valence-corrected chi connectivity index (χ3v) is 5.76. The van der Waals surface area contributed by atoms with Crippen molar-refractivity contribution in [1.29, 1.82) is 0 Å². The Hall–Kier alpha value is -3.97. The van der Waals surface area contributed by atoms with Gasteiger partial charge in [0.15, 0.2) is 0 Å². The fraction of sp³-hybridized carbons (Fsp3) is 0.160. The lowest BCUT2D eigenvalue weighted by Gasteiger charge is -2.35. The number of piperazine rings is 1. The molecule has 1 atom stereocenters. The van der Waals surface area contributed by atoms with Crippen LogP contribution in [0, 0.1) is 0 Å². The summed E-state index contributed by atoms with van der Waals surface area (Å²) in [6.07, 6.45) is 5.35. The van der Waals surface area contributed by atoms with Crippen molar-refractivity contribution in [1.82, 2.24) is 20.3 Å². The van der Waals surface area contributed by atoms with Crippen LogP contribution in [0.4, 0.5) is 11.6 Å². The first-order valence-corrected chi connectivity index (χ1v) is 10.6. The number of rotatable bonds is 5. The van der Waals surface area contributed by atoms with Crippen molar-refractivity contribution in [2.24, 2.45) is 0 Å². The molecule has 0 saturated carbocycles. The third kappa shape index (κ3) is 3.98. The highest BCUT2D eigenvalue weighted by Crippen LogP contribution is 2.25. The van der Waals surface area contributed by atoms with E-state index in [-0.39, 0.29) is 23.3 Å². The second-order valence-electron chi connectivity index (χ2n) is 7.83. The van der Waals surface area contributed by atoms with Crippen molar-refractivity contribution in [3.63, 3.8) is 0 Å². The summed E-state index contributed by atoms with van der Waals surface area (Å²) < 4.78 is 0. The molecule has 3 aromatic heterocycles. The Morgan fingerprint density at radius 1 is 1.09 bits per heavy atom. The number of hydrogen-bond acceptors (Lipinski definition) is 6. The average molecular weight is 433 g/mol. The van der Waals surface area contributed by atoms with Crippen molar-refractivity contribution in [2.75, 3.05) is 30.3 Å². The van der Waals surface area contributed by atoms with Crippen molar-refractivity contribution in [3.05, 3.63) is 96.1 Å². The van der Waals surface area contributed by atoms with Crippen molar-refractivity contribution >= 4 is 17.4 Å². The molecular weight excluding hydrogens is 400 g/mol. The Morgan fingerprint density at radius 3 is 2.78 bits per heavy atom. The highest BCUT2D eigenvalue weighted by molar-refractivity contribution is 6.11. The predicted molar refractivity (Wildman–Crippen MR) is 134 cm³/mol. The number of nitrogen functional groups attached to an aromatic ring is 1. The van der Waals surface area contributed by atoms with Crippen LogP contribution < -0.4 is 16.0 Å². The zero-order chi connectivity index (χ0) is 21.9. The van der Waals surface area contributed by atoms with Gasteiger partial charge in [0.25, 0.3) is 0 Å². The minimum absolute atomic E-state index is 0. The van der Waals surface area contributed by atoms with Gasteiger partial charge < -0.3 is 20.9 Å². The van der Waals surface area contributed by atoms with Crippen molar-refractivity contribution in [3.8, 4) is 11.1 Å². The first kappa shape index (κ1) is 20.0. The number of H-pyrrole nitrogens is 1. The molecule has 1 aromatic carbocycles. The number of nitrogens with zero attached hydrogens (tertiary/aromatic N) is 3. The normalized spacial score (nSPS) is 16.1. The third-order valence-electron chi connectivity index (χ3n) is 5.76. The summed E-state index contributed by atoms with van der Waals surface area (Å²) in [5.41, 5.74) is 9.79. The van der Waals surface area contributed by atoms with Crippen LogP contribution in [0.2, 0.25) is 0 Å². The lowest BCUT2D eigenvalue weighted by molar-refractivity contribution is 0.103. The molecule has 32 heavy (non-hydrogen) atoms. The molecule has 7 nitrogen and oxygen atoms in total. The first-order valence-electron chi connectivity index (χ1n) is 10.6. The fourth-order valence-electron chi connectivity index (χ4n) is 4.05. The second-order valence-corrected chi connectivity index (χ2v) is 7.83. The second kappa shape index (κ2) is 8.64. The van der Waals surface area contributed by atoms with Gasteiger partial charge in [0.2, 0.25) is 5.78 Å². The molecule has 0 spiro atoms. The lowest BCUT2D eigenvalue weighted by Crippen LogP contribution is -2.46. The maximum absolute atomic E-state index is 13.3. The fourth-order valence-corrected chi connectivity index (χ4v) is 4.05. The predicted octanol–water partition coefficient (Wildman–Crippen LogP) is 4.42. The van der Waals surface area contributed by atoms with Crippen LogP contribution in [0.1, 0.15) is 33.4 Å². The maximum atomic E-state index is 13.3. The number of nitrogens with one attached hydrogen (secondary N) is 2. The number of nitrogens with two attached hydrogens (primary N) is 1. The molecule has 1 aliphatic heterocycles. The van der Waals surface area contributed by atoms with Crippen LogP contribution in [0.15, 0.2) is 79.3 Å². The van der Waals surface area contributed by atoms with Gasteiger partial charge in [-0.25, -0.2) is 9.97 Å². The van der Waals surface area contributed by atoms with Crippen LogP contribution >= 0.6 is 0 Å². The van der Waals surface area contributed by atoms with Crippen molar-refractivity contribution < 1.29 is 10.5 Å². The molecule has 4 N–H and O–H groups in total. The van der Waals surface area contributed by atoms with Gasteiger partial charge in [-0.3, -0.25) is 4.79 Å². The quantitative estimate of drug-likeness (QED) is 0.404. The van der Waals surface area contributed by atoms with Gasteiger partial charge in [-0.15, -0.1) is 0 Å². The Bertz CT molecular complexity index is 1240. The SMILES string of the molecule is Nc1ncc(-c2cc[nH]c2)cc1C(=O)c1cccc(N2CCNC(c3ccccc3)C2)n1.[HH].[HH].[HH].[HH]. The topological polar surface area (TPSA) is 99.9 Å². The zero-order valence-corrected chi connectivity index (χ0v) is 17.5. The molecule has 168 valence electrons. The van der Waals surface area contributed by atoms with E-state index in [9.17, 15) is 4.79 Å². The number of ketones is 1. The Labute approximate surface area is 192 Å². The Balaban J connectivity index is 0.00000162. The summed E-state index contributed by atoms with van der Waals surface area (Å²) in [5.74, 6) is 0.753. The van der Waals surface area contributed by atoms with Gasteiger partial charge in [0.1, 0.15) is 17.3 Å². The van der Waals surface area contributed by atoms with Crippen LogP contribution in [-0.2, 0) is 0 Å². The standard InChI is InChI=1S/C25H24N6O.4H2/c26-25-20(13-19(15-29-25)18-9-10-27-14-18)24(32)21-7-4-8-23(30-21)31-12-11-28-22(16-31)17-5-2-1-3-6-17;;;;/h1-10,13-15,22,27-28H,11-12,16H2,(H2,26,29);4*1H. The van der Waals surface area contributed by atoms with E-state index < -0.39 is 0 Å². The maximum Gasteiger partial charge on any atom is 0.215 e. The summed E-state index contributed by atoms with van der Waals surface area (Å²) in [5, 5.41) is 3.56. The van der Waals surface area contributed by atoms with Crippen LogP contribution in [0.3, 0.4) is 0 Å². The molecule has 4 heterocycles.